The lowest BCUT2D eigenvalue weighted by Gasteiger charge is -2.10. The molecule has 0 rings (SSSR count). The molecule has 0 fully saturated rings. The molecule has 0 N–H and O–H groups in total. The molecular weight excluding hydrogens is 160 g/mol. The monoisotopic (exact) mass is 174 g/mol. The van der Waals surface area contributed by atoms with E-state index in [0.29, 0.717) is 13.2 Å². The van der Waals surface area contributed by atoms with Crippen LogP contribution in [-0.4, -0.2) is 25.2 Å². The molecule has 0 saturated carbocycles. The first-order valence-corrected chi connectivity index (χ1v) is 3.79. The van der Waals surface area contributed by atoms with Gasteiger partial charge in [0.1, 0.15) is 0 Å². The highest BCUT2D eigenvalue weighted by atomic mass is 16.5. The van der Waals surface area contributed by atoms with Crippen molar-refractivity contribution in [2.75, 3.05) is 13.2 Å². The van der Waals surface area contributed by atoms with E-state index in [1.807, 2.05) is 6.92 Å². The fraction of sp³-hybridized carbons (Fsp3) is 0.750. The van der Waals surface area contributed by atoms with Gasteiger partial charge in [0.2, 0.25) is 0 Å². The summed E-state index contributed by atoms with van der Waals surface area (Å²) in [5.74, 6) is -0.577. The largest absolute Gasteiger partial charge is 0.465 e. The molecule has 0 aliphatic heterocycles. The van der Waals surface area contributed by atoms with E-state index >= 15 is 0 Å². The van der Waals surface area contributed by atoms with Crippen LogP contribution in [0.25, 0.3) is 0 Å². The van der Waals surface area contributed by atoms with Gasteiger partial charge in [-0.2, -0.15) is 0 Å². The van der Waals surface area contributed by atoms with E-state index in [1.165, 1.54) is 13.8 Å². The summed E-state index contributed by atoms with van der Waals surface area (Å²) in [6.45, 7) is 5.12. The zero-order chi connectivity index (χ0) is 9.56. The highest BCUT2D eigenvalue weighted by Gasteiger charge is 2.05. The van der Waals surface area contributed by atoms with Crippen molar-refractivity contribution in [3.05, 3.63) is 0 Å². The van der Waals surface area contributed by atoms with Gasteiger partial charge in [0, 0.05) is 19.8 Å². The number of ether oxygens (including phenoxy) is 2. The SMILES string of the molecule is CC(=O)OCC(C)COC(C)=O. The third kappa shape index (κ3) is 7.05. The molecule has 4 heteroatoms. The van der Waals surface area contributed by atoms with E-state index in [-0.39, 0.29) is 17.9 Å². The van der Waals surface area contributed by atoms with Crippen LogP contribution in [-0.2, 0) is 19.1 Å². The minimum absolute atomic E-state index is 0.0535. The van der Waals surface area contributed by atoms with Gasteiger partial charge >= 0.3 is 11.9 Å². The number of esters is 2. The molecule has 0 aromatic carbocycles. The maximum Gasteiger partial charge on any atom is 0.302 e. The maximum atomic E-state index is 10.4. The molecule has 4 nitrogen and oxygen atoms in total. The van der Waals surface area contributed by atoms with Crippen LogP contribution in [0.4, 0.5) is 0 Å². The molecular formula is C8H14O4. The van der Waals surface area contributed by atoms with Gasteiger partial charge in [-0.1, -0.05) is 6.92 Å². The lowest BCUT2D eigenvalue weighted by molar-refractivity contribution is -0.145. The van der Waals surface area contributed by atoms with E-state index < -0.39 is 0 Å². The minimum Gasteiger partial charge on any atom is -0.465 e. The van der Waals surface area contributed by atoms with Crippen molar-refractivity contribution in [2.24, 2.45) is 5.92 Å². The molecule has 0 amide bonds. The Kier molecular flexibility index (Phi) is 5.08. The lowest BCUT2D eigenvalue weighted by atomic mass is 10.2. The molecule has 0 spiro atoms. The fourth-order valence-corrected chi connectivity index (χ4v) is 0.567. The molecule has 0 aliphatic carbocycles. The van der Waals surface area contributed by atoms with Crippen molar-refractivity contribution < 1.29 is 19.1 Å². The first-order valence-electron chi connectivity index (χ1n) is 3.79. The summed E-state index contributed by atoms with van der Waals surface area (Å²) in [5, 5.41) is 0. The predicted molar refractivity (Wildman–Crippen MR) is 42.4 cm³/mol. The summed E-state index contributed by atoms with van der Waals surface area (Å²) >= 11 is 0. The summed E-state index contributed by atoms with van der Waals surface area (Å²) in [4.78, 5) is 20.7. The Balaban J connectivity index is 3.39. The molecule has 0 aromatic rings. The van der Waals surface area contributed by atoms with Gasteiger partial charge < -0.3 is 9.47 Å². The third-order valence-electron chi connectivity index (χ3n) is 1.14. The molecule has 0 atom stereocenters. The van der Waals surface area contributed by atoms with Crippen LogP contribution in [0.5, 0.6) is 0 Å². The number of hydrogen-bond acceptors (Lipinski definition) is 4. The minimum atomic E-state index is -0.315. The summed E-state index contributed by atoms with van der Waals surface area (Å²) in [5.41, 5.74) is 0. The Morgan fingerprint density at radius 1 is 1.08 bits per heavy atom. The Morgan fingerprint density at radius 2 is 1.42 bits per heavy atom. The maximum absolute atomic E-state index is 10.4. The van der Waals surface area contributed by atoms with Crippen molar-refractivity contribution >= 4 is 11.9 Å². The van der Waals surface area contributed by atoms with Gasteiger partial charge in [-0.15, -0.1) is 0 Å². The Labute approximate surface area is 71.8 Å². The summed E-state index contributed by atoms with van der Waals surface area (Å²) in [6, 6.07) is 0. The van der Waals surface area contributed by atoms with Crippen LogP contribution in [0.1, 0.15) is 20.8 Å². The molecule has 0 radical (unpaired) electrons. The number of carbonyl (C=O) groups is 2. The van der Waals surface area contributed by atoms with Crippen LogP contribution < -0.4 is 0 Å². The topological polar surface area (TPSA) is 52.6 Å². The molecule has 0 unspecified atom stereocenters. The van der Waals surface area contributed by atoms with Crippen molar-refractivity contribution in [1.29, 1.82) is 0 Å². The molecule has 0 heterocycles. The van der Waals surface area contributed by atoms with Gasteiger partial charge in [0.15, 0.2) is 0 Å². The van der Waals surface area contributed by atoms with Crippen LogP contribution in [0, 0.1) is 5.92 Å². The number of hydrogen-bond donors (Lipinski definition) is 0. The summed E-state index contributed by atoms with van der Waals surface area (Å²) in [7, 11) is 0. The average molecular weight is 174 g/mol. The highest BCUT2D eigenvalue weighted by molar-refractivity contribution is 5.66. The van der Waals surface area contributed by atoms with Crippen LogP contribution >= 0.6 is 0 Å². The zero-order valence-electron chi connectivity index (χ0n) is 7.62. The van der Waals surface area contributed by atoms with Gasteiger partial charge in [0.25, 0.3) is 0 Å². The zero-order valence-corrected chi connectivity index (χ0v) is 7.62. The predicted octanol–water partition coefficient (Wildman–Crippen LogP) is 0.749. The van der Waals surface area contributed by atoms with E-state index in [4.69, 9.17) is 9.47 Å². The van der Waals surface area contributed by atoms with E-state index in [1.54, 1.807) is 0 Å². The summed E-state index contributed by atoms with van der Waals surface area (Å²) < 4.78 is 9.41. The smallest absolute Gasteiger partial charge is 0.302 e. The quantitative estimate of drug-likeness (QED) is 0.590. The second-order valence-electron chi connectivity index (χ2n) is 2.71. The second-order valence-corrected chi connectivity index (χ2v) is 2.71. The van der Waals surface area contributed by atoms with Crippen LogP contribution in [0.2, 0.25) is 0 Å². The van der Waals surface area contributed by atoms with Gasteiger partial charge in [-0.05, 0) is 0 Å². The molecule has 0 saturated heterocycles. The van der Waals surface area contributed by atoms with Crippen LogP contribution in [0.15, 0.2) is 0 Å². The van der Waals surface area contributed by atoms with Gasteiger partial charge in [0.05, 0.1) is 13.2 Å². The first-order chi connectivity index (χ1) is 5.52. The van der Waals surface area contributed by atoms with Crippen molar-refractivity contribution in [1.82, 2.24) is 0 Å². The van der Waals surface area contributed by atoms with Crippen molar-refractivity contribution in [3.8, 4) is 0 Å². The molecule has 70 valence electrons. The second kappa shape index (κ2) is 5.57. The van der Waals surface area contributed by atoms with Gasteiger partial charge in [-0.3, -0.25) is 9.59 Å². The normalized spacial score (nSPS) is 9.67. The summed E-state index contributed by atoms with van der Waals surface area (Å²) in [6.07, 6.45) is 0. The van der Waals surface area contributed by atoms with Crippen molar-refractivity contribution in [2.45, 2.75) is 20.8 Å². The Bertz CT molecular complexity index is 146. The molecule has 0 aromatic heterocycles. The lowest BCUT2D eigenvalue weighted by Crippen LogP contribution is -2.16. The Hall–Kier alpha value is -1.06. The highest BCUT2D eigenvalue weighted by Crippen LogP contribution is 1.97. The van der Waals surface area contributed by atoms with Crippen molar-refractivity contribution in [3.63, 3.8) is 0 Å². The molecule has 0 aliphatic rings. The molecule has 0 bridgehead atoms. The van der Waals surface area contributed by atoms with E-state index in [0.717, 1.165) is 0 Å². The fourth-order valence-electron chi connectivity index (χ4n) is 0.567. The van der Waals surface area contributed by atoms with E-state index in [9.17, 15) is 9.59 Å². The average Bonchev–Trinajstić information content (AvgIpc) is 1.96. The Morgan fingerprint density at radius 3 is 1.67 bits per heavy atom. The van der Waals surface area contributed by atoms with Crippen LogP contribution in [0.3, 0.4) is 0 Å². The first kappa shape index (κ1) is 10.9. The number of carbonyl (C=O) groups excluding carboxylic acids is 2. The van der Waals surface area contributed by atoms with Gasteiger partial charge in [-0.25, -0.2) is 0 Å². The molecule has 12 heavy (non-hydrogen) atoms. The third-order valence-corrected chi connectivity index (χ3v) is 1.14. The number of rotatable bonds is 4. The standard InChI is InChI=1S/C8H14O4/c1-6(4-11-7(2)9)5-12-8(3)10/h6H,4-5H2,1-3H3. The van der Waals surface area contributed by atoms with E-state index in [2.05, 4.69) is 0 Å².